The van der Waals surface area contributed by atoms with Crippen LogP contribution >= 0.6 is 11.3 Å². The van der Waals surface area contributed by atoms with Crippen LogP contribution < -0.4 is 0 Å². The third kappa shape index (κ3) is 2.86. The SMILES string of the molecule is CN(C)CC1CC(O)CN1C(=O)c1cccs1. The van der Waals surface area contributed by atoms with E-state index in [4.69, 9.17) is 0 Å². The summed E-state index contributed by atoms with van der Waals surface area (Å²) in [5.74, 6) is 0.0448. The van der Waals surface area contributed by atoms with Crippen LogP contribution in [0.1, 0.15) is 16.1 Å². The summed E-state index contributed by atoms with van der Waals surface area (Å²) < 4.78 is 0. The number of thiophene rings is 1. The lowest BCUT2D eigenvalue weighted by Crippen LogP contribution is -2.41. The highest BCUT2D eigenvalue weighted by Gasteiger charge is 2.35. The third-order valence-electron chi connectivity index (χ3n) is 2.96. The molecule has 1 amide bonds. The fourth-order valence-electron chi connectivity index (χ4n) is 2.28. The molecular formula is C12H18N2O2S. The minimum absolute atomic E-state index is 0.0448. The maximum absolute atomic E-state index is 12.3. The maximum Gasteiger partial charge on any atom is 0.264 e. The molecule has 2 rings (SSSR count). The molecule has 94 valence electrons. The van der Waals surface area contributed by atoms with Gasteiger partial charge in [-0.3, -0.25) is 4.79 Å². The third-order valence-corrected chi connectivity index (χ3v) is 3.82. The van der Waals surface area contributed by atoms with Gasteiger partial charge in [-0.15, -0.1) is 11.3 Å². The summed E-state index contributed by atoms with van der Waals surface area (Å²) in [6, 6.07) is 3.84. The van der Waals surface area contributed by atoms with Crippen molar-refractivity contribution in [1.82, 2.24) is 9.80 Å². The van der Waals surface area contributed by atoms with E-state index in [1.54, 1.807) is 4.90 Å². The summed E-state index contributed by atoms with van der Waals surface area (Å²) in [6.07, 6.45) is 0.291. The lowest BCUT2D eigenvalue weighted by Gasteiger charge is -2.26. The summed E-state index contributed by atoms with van der Waals surface area (Å²) in [7, 11) is 3.97. The molecule has 5 heteroatoms. The fourth-order valence-corrected chi connectivity index (χ4v) is 2.96. The van der Waals surface area contributed by atoms with E-state index in [-0.39, 0.29) is 18.1 Å². The van der Waals surface area contributed by atoms with Crippen LogP contribution in [-0.4, -0.2) is 60.1 Å². The predicted octanol–water partition coefficient (Wildman–Crippen LogP) is 0.885. The first-order valence-corrected chi connectivity index (χ1v) is 6.63. The highest BCUT2D eigenvalue weighted by atomic mass is 32.1. The van der Waals surface area contributed by atoms with Crippen LogP contribution in [0.25, 0.3) is 0 Å². The van der Waals surface area contributed by atoms with Crippen LogP contribution in [0.2, 0.25) is 0 Å². The van der Waals surface area contributed by atoms with Crippen molar-refractivity contribution in [1.29, 1.82) is 0 Å². The topological polar surface area (TPSA) is 43.8 Å². The molecule has 0 spiro atoms. The van der Waals surface area contributed by atoms with Gasteiger partial charge in [-0.05, 0) is 32.0 Å². The van der Waals surface area contributed by atoms with E-state index in [1.807, 2.05) is 31.6 Å². The van der Waals surface area contributed by atoms with Crippen LogP contribution in [0.3, 0.4) is 0 Å². The van der Waals surface area contributed by atoms with E-state index in [2.05, 4.69) is 4.90 Å². The molecule has 1 aromatic heterocycles. The van der Waals surface area contributed by atoms with Crippen molar-refractivity contribution in [3.8, 4) is 0 Å². The molecule has 0 saturated carbocycles. The Hall–Kier alpha value is -0.910. The lowest BCUT2D eigenvalue weighted by molar-refractivity contribution is 0.0704. The molecule has 2 unspecified atom stereocenters. The van der Waals surface area contributed by atoms with Gasteiger partial charge < -0.3 is 14.9 Å². The van der Waals surface area contributed by atoms with Gasteiger partial charge in [-0.2, -0.15) is 0 Å². The predicted molar refractivity (Wildman–Crippen MR) is 68.3 cm³/mol. The van der Waals surface area contributed by atoms with Gasteiger partial charge in [-0.1, -0.05) is 6.07 Å². The molecule has 0 aliphatic carbocycles. The Balaban J connectivity index is 2.10. The van der Waals surface area contributed by atoms with E-state index in [9.17, 15) is 9.90 Å². The second kappa shape index (κ2) is 5.16. The number of aliphatic hydroxyl groups is 1. The molecule has 4 nitrogen and oxygen atoms in total. The Bertz CT molecular complexity index is 378. The van der Waals surface area contributed by atoms with E-state index in [0.29, 0.717) is 13.0 Å². The number of β-amino-alcohol motifs (C(OH)–C–C–N with tert-alkyl or cyclic N) is 1. The first-order chi connectivity index (χ1) is 8.08. The van der Waals surface area contributed by atoms with Crippen LogP contribution in [-0.2, 0) is 0 Å². The molecule has 1 aliphatic rings. The highest BCUT2D eigenvalue weighted by molar-refractivity contribution is 7.12. The van der Waals surface area contributed by atoms with Gasteiger partial charge in [0.2, 0.25) is 0 Å². The Kier molecular flexibility index (Phi) is 3.81. The molecule has 1 saturated heterocycles. The van der Waals surface area contributed by atoms with E-state index in [0.717, 1.165) is 11.4 Å². The molecule has 2 heterocycles. The maximum atomic E-state index is 12.3. The first kappa shape index (κ1) is 12.5. The Morgan fingerprint density at radius 2 is 2.41 bits per heavy atom. The zero-order valence-corrected chi connectivity index (χ0v) is 11.0. The fraction of sp³-hybridized carbons (Fsp3) is 0.583. The zero-order valence-electron chi connectivity index (χ0n) is 10.2. The van der Waals surface area contributed by atoms with Gasteiger partial charge in [0.1, 0.15) is 0 Å². The monoisotopic (exact) mass is 254 g/mol. The van der Waals surface area contributed by atoms with Crippen molar-refractivity contribution in [2.45, 2.75) is 18.6 Å². The molecule has 1 fully saturated rings. The Morgan fingerprint density at radius 3 is 3.00 bits per heavy atom. The largest absolute Gasteiger partial charge is 0.391 e. The number of aliphatic hydroxyl groups excluding tert-OH is 1. The van der Waals surface area contributed by atoms with Gasteiger partial charge in [0.15, 0.2) is 0 Å². The lowest BCUT2D eigenvalue weighted by atomic mass is 10.2. The number of hydrogen-bond acceptors (Lipinski definition) is 4. The van der Waals surface area contributed by atoms with Gasteiger partial charge in [-0.25, -0.2) is 0 Å². The van der Waals surface area contributed by atoms with Gasteiger partial charge in [0.05, 0.1) is 11.0 Å². The number of rotatable bonds is 3. The van der Waals surface area contributed by atoms with Crippen LogP contribution in [0, 0.1) is 0 Å². The first-order valence-electron chi connectivity index (χ1n) is 5.75. The molecule has 17 heavy (non-hydrogen) atoms. The van der Waals surface area contributed by atoms with E-state index in [1.165, 1.54) is 11.3 Å². The molecule has 0 bridgehead atoms. The second-order valence-electron chi connectivity index (χ2n) is 4.74. The minimum Gasteiger partial charge on any atom is -0.391 e. The summed E-state index contributed by atoms with van der Waals surface area (Å²) in [6.45, 7) is 1.25. The minimum atomic E-state index is -0.385. The Morgan fingerprint density at radius 1 is 1.65 bits per heavy atom. The number of amides is 1. The molecule has 1 aliphatic heterocycles. The quantitative estimate of drug-likeness (QED) is 0.871. The molecule has 1 aromatic rings. The normalized spacial score (nSPS) is 24.6. The average molecular weight is 254 g/mol. The standard InChI is InChI=1S/C12H18N2O2S/c1-13(2)7-9-6-10(15)8-14(9)12(16)11-4-3-5-17-11/h3-5,9-10,15H,6-8H2,1-2H3. The number of carbonyl (C=O) groups is 1. The zero-order chi connectivity index (χ0) is 12.4. The smallest absolute Gasteiger partial charge is 0.264 e. The molecular weight excluding hydrogens is 236 g/mol. The Labute approximate surface area is 105 Å². The summed E-state index contributed by atoms with van der Waals surface area (Å²) in [5, 5.41) is 11.6. The van der Waals surface area contributed by atoms with Crippen molar-refractivity contribution in [2.24, 2.45) is 0 Å². The highest BCUT2D eigenvalue weighted by Crippen LogP contribution is 2.22. The van der Waals surface area contributed by atoms with Crippen molar-refractivity contribution in [2.75, 3.05) is 27.2 Å². The van der Waals surface area contributed by atoms with Crippen molar-refractivity contribution in [3.63, 3.8) is 0 Å². The molecule has 0 radical (unpaired) electrons. The second-order valence-corrected chi connectivity index (χ2v) is 5.69. The van der Waals surface area contributed by atoms with Gasteiger partial charge in [0, 0.05) is 19.1 Å². The van der Waals surface area contributed by atoms with Crippen molar-refractivity contribution in [3.05, 3.63) is 22.4 Å². The number of nitrogens with zero attached hydrogens (tertiary/aromatic N) is 2. The van der Waals surface area contributed by atoms with Crippen molar-refractivity contribution >= 4 is 17.2 Å². The average Bonchev–Trinajstić information content (AvgIpc) is 2.85. The number of likely N-dealkylation sites (N-methyl/N-ethyl adjacent to an activating group) is 1. The van der Waals surface area contributed by atoms with Crippen molar-refractivity contribution < 1.29 is 9.90 Å². The number of likely N-dealkylation sites (tertiary alicyclic amines) is 1. The van der Waals surface area contributed by atoms with Gasteiger partial charge >= 0.3 is 0 Å². The molecule has 0 aromatic carbocycles. The molecule has 1 N–H and O–H groups in total. The van der Waals surface area contributed by atoms with Gasteiger partial charge in [0.25, 0.3) is 5.91 Å². The van der Waals surface area contributed by atoms with Crippen LogP contribution in [0.5, 0.6) is 0 Å². The summed E-state index contributed by atoms with van der Waals surface area (Å²) in [5.41, 5.74) is 0. The molecule has 2 atom stereocenters. The summed E-state index contributed by atoms with van der Waals surface area (Å²) >= 11 is 1.45. The van der Waals surface area contributed by atoms with Crippen LogP contribution in [0.15, 0.2) is 17.5 Å². The van der Waals surface area contributed by atoms with E-state index >= 15 is 0 Å². The van der Waals surface area contributed by atoms with Crippen LogP contribution in [0.4, 0.5) is 0 Å². The number of hydrogen-bond donors (Lipinski definition) is 1. The summed E-state index contributed by atoms with van der Waals surface area (Å²) in [4.78, 5) is 16.9. The van der Waals surface area contributed by atoms with E-state index < -0.39 is 0 Å². The number of carbonyl (C=O) groups excluding carboxylic acids is 1.